The summed E-state index contributed by atoms with van der Waals surface area (Å²) in [7, 11) is 0. The first-order valence-electron chi connectivity index (χ1n) is 22.3. The number of hydrogen-bond acceptors (Lipinski definition) is 7. The summed E-state index contributed by atoms with van der Waals surface area (Å²) in [4.78, 5) is 68.1. The van der Waals surface area contributed by atoms with Crippen LogP contribution in [0.4, 0.5) is 0 Å². The molecule has 2 aromatic carbocycles. The van der Waals surface area contributed by atoms with Crippen LogP contribution < -0.4 is 32.4 Å². The molecule has 7 rings (SSSR count). The Morgan fingerprint density at radius 2 is 1.11 bits per heavy atom. The first-order valence-corrected chi connectivity index (χ1v) is 22.3. The number of carbonyl (C=O) groups excluding carboxylic acids is 2. The number of hydrogen-bond donors (Lipinski definition) is 10. The lowest BCUT2D eigenvalue weighted by Crippen LogP contribution is -2.50. The van der Waals surface area contributed by atoms with Crippen molar-refractivity contribution in [3.8, 4) is 11.5 Å². The second kappa shape index (κ2) is 19.4. The van der Waals surface area contributed by atoms with Gasteiger partial charge in [0.15, 0.2) is 5.78 Å². The summed E-state index contributed by atoms with van der Waals surface area (Å²) in [5, 5.41) is 45.2. The van der Waals surface area contributed by atoms with Crippen molar-refractivity contribution >= 4 is 47.4 Å². The van der Waals surface area contributed by atoms with Gasteiger partial charge in [0.1, 0.15) is 11.5 Å². The standard InChI is InChI=1S/C52H58N6O8/c1-7-34-29(6)49-48(51(65)45(22-31-11-15-33(60)16-12-31)58-52(66)38(53)21-30-9-13-32(59)14-10-30)50-35(8-2)26(3)41(56-50)23-39-27(4)36(17-19-46(61)62)43(54-39)25-44-37(18-20-47(63)64)28(5)40(55-44)24-42(34)57-49/h9-16,23-25,38,45,54-57,59-60H,7-8,17-22,53H2,1-6H3,(H,58,66)(H,61,62)(H,63,64)/t38-,45-/m0/s1. The number of nitrogens with one attached hydrogen (secondary N) is 5. The molecule has 344 valence electrons. The molecule has 0 saturated carbocycles. The number of aromatic nitrogens is 4. The number of benzene rings is 2. The Kier molecular flexibility index (Phi) is 13.7. The fourth-order valence-electron chi connectivity index (χ4n) is 9.25. The zero-order valence-electron chi connectivity index (χ0n) is 38.2. The second-order valence-electron chi connectivity index (χ2n) is 17.2. The number of phenolic OH excluding ortho intramolecular Hbond substituents is 2. The molecule has 6 aromatic rings. The van der Waals surface area contributed by atoms with E-state index in [1.807, 2.05) is 59.8 Å². The number of aliphatic carboxylic acids is 2. The minimum Gasteiger partial charge on any atom is -0.508 e. The molecule has 0 saturated heterocycles. The molecule has 5 heterocycles. The highest BCUT2D eigenvalue weighted by molar-refractivity contribution is 6.23. The summed E-state index contributed by atoms with van der Waals surface area (Å²) < 4.78 is 0. The van der Waals surface area contributed by atoms with E-state index in [-0.39, 0.29) is 55.8 Å². The third-order valence-corrected chi connectivity index (χ3v) is 13.0. The molecule has 1 amide bonds. The summed E-state index contributed by atoms with van der Waals surface area (Å²) >= 11 is 0. The maximum Gasteiger partial charge on any atom is 0.303 e. The average Bonchev–Trinajstić information content (AvgIpc) is 3.95. The van der Waals surface area contributed by atoms with Gasteiger partial charge in [0, 0.05) is 52.4 Å². The van der Waals surface area contributed by atoms with Gasteiger partial charge in [-0.2, -0.15) is 0 Å². The van der Waals surface area contributed by atoms with Crippen LogP contribution >= 0.6 is 0 Å². The van der Waals surface area contributed by atoms with Crippen molar-refractivity contribution < 1.29 is 39.6 Å². The number of carboxylic acid groups (broad SMARTS) is 2. The molecule has 1 aliphatic rings. The highest BCUT2D eigenvalue weighted by Crippen LogP contribution is 2.28. The molecule has 66 heavy (non-hydrogen) atoms. The molecular weight excluding hydrogens is 837 g/mol. The lowest BCUT2D eigenvalue weighted by Gasteiger charge is -2.22. The SMILES string of the molecule is CCc1c2[nH]c(c1C)C(C(=O)[C@H](Cc1ccc(O)cc1)NC(=O)[C@@H](N)Cc1ccc(O)cc1)=c1[nH]c(c(C)c1CC)=Cc1[nH]c(c(CCC(=O)O)c1C)C=c1[nH]c(c(C)c1CCC(=O)O)=C2. The molecular formula is C52H58N6O8. The van der Waals surface area contributed by atoms with E-state index in [0.717, 1.165) is 72.2 Å². The minimum atomic E-state index is -1.13. The first-order chi connectivity index (χ1) is 31.5. The number of amides is 1. The number of rotatable bonds is 16. The van der Waals surface area contributed by atoms with Crippen LogP contribution in [0, 0.1) is 27.7 Å². The van der Waals surface area contributed by atoms with E-state index in [9.17, 15) is 34.8 Å². The van der Waals surface area contributed by atoms with Crippen molar-refractivity contribution in [3.05, 3.63) is 148 Å². The third-order valence-electron chi connectivity index (χ3n) is 13.0. The van der Waals surface area contributed by atoms with Crippen molar-refractivity contribution in [2.75, 3.05) is 0 Å². The number of Topliss-reactive ketones (excluding diaryl/α,β-unsaturated/α-hetero) is 1. The van der Waals surface area contributed by atoms with Crippen molar-refractivity contribution in [1.82, 2.24) is 25.3 Å². The van der Waals surface area contributed by atoms with Crippen LogP contribution in [0.2, 0.25) is 0 Å². The molecule has 14 heteroatoms. The predicted molar refractivity (Wildman–Crippen MR) is 253 cm³/mol. The smallest absolute Gasteiger partial charge is 0.303 e. The molecule has 14 nitrogen and oxygen atoms in total. The molecule has 0 fully saturated rings. The molecule has 0 aliphatic carbocycles. The van der Waals surface area contributed by atoms with Crippen LogP contribution in [-0.2, 0) is 57.7 Å². The van der Waals surface area contributed by atoms with E-state index in [2.05, 4.69) is 25.3 Å². The third kappa shape index (κ3) is 9.69. The highest BCUT2D eigenvalue weighted by Gasteiger charge is 2.32. The van der Waals surface area contributed by atoms with Crippen LogP contribution in [-0.4, -0.2) is 76.1 Å². The predicted octanol–water partition coefficient (Wildman–Crippen LogP) is 3.67. The van der Waals surface area contributed by atoms with E-state index in [1.165, 1.54) is 24.3 Å². The first kappa shape index (κ1) is 46.7. The maximum atomic E-state index is 15.8. The number of aromatic hydroxyl groups is 2. The van der Waals surface area contributed by atoms with Crippen molar-refractivity contribution in [3.63, 3.8) is 0 Å². The van der Waals surface area contributed by atoms with E-state index in [4.69, 9.17) is 5.73 Å². The highest BCUT2D eigenvalue weighted by atomic mass is 16.4. The maximum absolute atomic E-state index is 15.8. The van der Waals surface area contributed by atoms with Gasteiger partial charge in [-0.1, -0.05) is 38.1 Å². The quantitative estimate of drug-likeness (QED) is 0.0680. The minimum absolute atomic E-state index is 0.0550. The average molecular weight is 895 g/mol. The lowest BCUT2D eigenvalue weighted by molar-refractivity contribution is -0.138. The number of carbonyl (C=O) groups is 4. The number of ketones is 1. The Bertz CT molecular complexity index is 3110. The van der Waals surface area contributed by atoms with Gasteiger partial charge in [0.05, 0.1) is 28.7 Å². The topological polar surface area (TPSA) is 250 Å². The van der Waals surface area contributed by atoms with Crippen molar-refractivity contribution in [2.24, 2.45) is 5.73 Å². The van der Waals surface area contributed by atoms with Crippen molar-refractivity contribution in [2.45, 2.75) is 105 Å². The number of nitrogens with two attached hydrogens (primary N) is 1. The van der Waals surface area contributed by atoms with E-state index >= 15 is 4.79 Å². The van der Waals surface area contributed by atoms with Crippen LogP contribution in [0.5, 0.6) is 11.5 Å². The number of fused-ring (bicyclic) bond motifs is 8. The normalized spacial score (nSPS) is 13.0. The van der Waals surface area contributed by atoms with Gasteiger partial charge in [-0.15, -0.1) is 0 Å². The number of H-pyrrole nitrogens is 4. The number of phenols is 2. The zero-order valence-corrected chi connectivity index (χ0v) is 38.2. The molecule has 1 aliphatic heterocycles. The molecule has 2 atom stereocenters. The summed E-state index contributed by atoms with van der Waals surface area (Å²) in [5.74, 6) is -2.65. The molecule has 0 radical (unpaired) electrons. The number of carboxylic acids is 2. The summed E-state index contributed by atoms with van der Waals surface area (Å²) in [6, 6.07) is 10.8. The van der Waals surface area contributed by atoms with Crippen LogP contribution in [0.3, 0.4) is 0 Å². The number of aromatic amines is 4. The molecule has 4 aromatic heterocycles. The van der Waals surface area contributed by atoms with Gasteiger partial charge >= 0.3 is 11.9 Å². The second-order valence-corrected chi connectivity index (χ2v) is 17.2. The monoisotopic (exact) mass is 894 g/mol. The van der Waals surface area contributed by atoms with Crippen LogP contribution in [0.25, 0.3) is 23.8 Å². The van der Waals surface area contributed by atoms with Gasteiger partial charge in [-0.25, -0.2) is 0 Å². The van der Waals surface area contributed by atoms with Gasteiger partial charge in [0.2, 0.25) is 5.91 Å². The lowest BCUT2D eigenvalue weighted by atomic mass is 9.91. The van der Waals surface area contributed by atoms with Crippen molar-refractivity contribution in [1.29, 1.82) is 0 Å². The Hall–Kier alpha value is -7.32. The fourth-order valence-corrected chi connectivity index (χ4v) is 9.25. The zero-order chi connectivity index (χ0) is 47.6. The van der Waals surface area contributed by atoms with Crippen LogP contribution in [0.15, 0.2) is 48.5 Å². The Labute approximate surface area is 381 Å². The Morgan fingerprint density at radius 1 is 0.591 bits per heavy atom. The van der Waals surface area contributed by atoms with E-state index < -0.39 is 29.9 Å². The Balaban J connectivity index is 1.52. The molecule has 8 bridgehead atoms. The summed E-state index contributed by atoms with van der Waals surface area (Å²) in [5.41, 5.74) is 17.9. The largest absolute Gasteiger partial charge is 0.508 e. The molecule has 11 N–H and O–H groups in total. The molecule has 0 spiro atoms. The fraction of sp³-hybridized carbons (Fsp3) is 0.308. The molecule has 0 unspecified atom stereocenters. The van der Waals surface area contributed by atoms with Gasteiger partial charge < -0.3 is 51.4 Å². The van der Waals surface area contributed by atoms with Crippen LogP contribution in [0.1, 0.15) is 105 Å². The van der Waals surface area contributed by atoms with E-state index in [1.54, 1.807) is 24.3 Å². The Morgan fingerprint density at radius 3 is 1.70 bits per heavy atom. The van der Waals surface area contributed by atoms with Gasteiger partial charge in [-0.3, -0.25) is 19.2 Å². The summed E-state index contributed by atoms with van der Waals surface area (Å²) in [6.07, 6.45) is 7.56. The summed E-state index contributed by atoms with van der Waals surface area (Å²) in [6.45, 7) is 11.9. The van der Waals surface area contributed by atoms with Gasteiger partial charge in [-0.05, 0) is 158 Å². The van der Waals surface area contributed by atoms with E-state index in [0.29, 0.717) is 46.1 Å². The van der Waals surface area contributed by atoms with Gasteiger partial charge in [0.25, 0.3) is 0 Å².